The van der Waals surface area contributed by atoms with Gasteiger partial charge in [-0.15, -0.1) is 0 Å². The van der Waals surface area contributed by atoms with Crippen LogP contribution in [0.4, 0.5) is 4.39 Å². The Labute approximate surface area is 109 Å². The van der Waals surface area contributed by atoms with E-state index in [0.29, 0.717) is 6.54 Å². The summed E-state index contributed by atoms with van der Waals surface area (Å²) in [5, 5.41) is 12.1. The number of phenols is 1. The number of aromatic hydroxyl groups is 1. The lowest BCUT2D eigenvalue weighted by Crippen LogP contribution is -2.25. The fourth-order valence-corrected chi connectivity index (χ4v) is 1.67. The fraction of sp³-hybridized carbons (Fsp3) is 0.231. The molecule has 0 saturated carbocycles. The average molecular weight is 263 g/mol. The maximum absolute atomic E-state index is 13.0. The Morgan fingerprint density at radius 1 is 1.47 bits per heavy atom. The van der Waals surface area contributed by atoms with E-state index in [2.05, 4.69) is 10.3 Å². The molecule has 6 heteroatoms. The van der Waals surface area contributed by atoms with Gasteiger partial charge in [0.25, 0.3) is 5.91 Å². The third-order valence-electron chi connectivity index (χ3n) is 2.64. The molecule has 0 aliphatic heterocycles. The molecular weight excluding hydrogens is 249 g/mol. The van der Waals surface area contributed by atoms with Crippen LogP contribution in [0.25, 0.3) is 0 Å². The Morgan fingerprint density at radius 3 is 3.05 bits per heavy atom. The predicted octanol–water partition coefficient (Wildman–Crippen LogP) is 1.55. The Balaban J connectivity index is 1.82. The number of aryl methyl sites for hydroxylation is 1. The Morgan fingerprint density at radius 2 is 2.32 bits per heavy atom. The minimum Gasteiger partial charge on any atom is -0.507 e. The molecular formula is C13H14FN3O2. The van der Waals surface area contributed by atoms with Crippen molar-refractivity contribution in [2.24, 2.45) is 0 Å². The minimum absolute atomic E-state index is 0.0531. The number of amides is 1. The van der Waals surface area contributed by atoms with Crippen LogP contribution >= 0.6 is 0 Å². The molecule has 5 nitrogen and oxygen atoms in total. The molecule has 0 aliphatic rings. The summed E-state index contributed by atoms with van der Waals surface area (Å²) in [5.74, 6) is -1.27. The zero-order valence-corrected chi connectivity index (χ0v) is 10.2. The lowest BCUT2D eigenvalue weighted by Gasteiger charge is -2.07. The van der Waals surface area contributed by atoms with Crippen LogP contribution in [-0.2, 0) is 6.54 Å². The smallest absolute Gasteiger partial charge is 0.255 e. The van der Waals surface area contributed by atoms with Crippen LogP contribution in [0.15, 0.2) is 36.9 Å². The first-order chi connectivity index (χ1) is 9.16. The summed E-state index contributed by atoms with van der Waals surface area (Å²) in [5.41, 5.74) is -0.0531. The lowest BCUT2D eigenvalue weighted by atomic mass is 10.2. The first-order valence-electron chi connectivity index (χ1n) is 5.89. The van der Waals surface area contributed by atoms with Crippen LogP contribution in [0.5, 0.6) is 5.75 Å². The number of hydrogen-bond acceptors (Lipinski definition) is 3. The van der Waals surface area contributed by atoms with Gasteiger partial charge in [0.05, 0.1) is 11.9 Å². The Kier molecular flexibility index (Phi) is 4.12. The summed E-state index contributed by atoms with van der Waals surface area (Å²) in [6, 6.07) is 3.28. The van der Waals surface area contributed by atoms with Gasteiger partial charge in [-0.3, -0.25) is 4.79 Å². The molecule has 0 saturated heterocycles. The number of nitrogens with one attached hydrogen (secondary N) is 1. The number of hydrogen-bond donors (Lipinski definition) is 2. The zero-order valence-electron chi connectivity index (χ0n) is 10.2. The van der Waals surface area contributed by atoms with E-state index in [4.69, 9.17) is 0 Å². The molecule has 0 fully saturated rings. The molecule has 19 heavy (non-hydrogen) atoms. The topological polar surface area (TPSA) is 67.2 Å². The highest BCUT2D eigenvalue weighted by Gasteiger charge is 2.11. The Hall–Kier alpha value is -2.37. The number of imidazole rings is 1. The van der Waals surface area contributed by atoms with Crippen LogP contribution in [0.3, 0.4) is 0 Å². The molecule has 0 atom stereocenters. The fourth-order valence-electron chi connectivity index (χ4n) is 1.67. The maximum Gasteiger partial charge on any atom is 0.255 e. The van der Waals surface area contributed by atoms with E-state index in [-0.39, 0.29) is 11.3 Å². The van der Waals surface area contributed by atoms with Gasteiger partial charge in [0.2, 0.25) is 0 Å². The molecule has 0 aliphatic carbocycles. The van der Waals surface area contributed by atoms with Gasteiger partial charge in [-0.05, 0) is 24.6 Å². The van der Waals surface area contributed by atoms with Gasteiger partial charge in [-0.2, -0.15) is 0 Å². The van der Waals surface area contributed by atoms with E-state index in [0.717, 1.165) is 31.2 Å². The summed E-state index contributed by atoms with van der Waals surface area (Å²) in [4.78, 5) is 15.6. The van der Waals surface area contributed by atoms with E-state index in [1.807, 2.05) is 10.8 Å². The molecule has 1 amide bonds. The molecule has 1 aromatic heterocycles. The van der Waals surface area contributed by atoms with Crippen LogP contribution in [0.2, 0.25) is 0 Å². The second-order valence-electron chi connectivity index (χ2n) is 4.07. The number of rotatable bonds is 5. The van der Waals surface area contributed by atoms with Gasteiger partial charge < -0.3 is 15.0 Å². The number of carbonyl (C=O) groups excluding carboxylic acids is 1. The highest BCUT2D eigenvalue weighted by Crippen LogP contribution is 2.17. The van der Waals surface area contributed by atoms with Crippen molar-refractivity contribution in [3.8, 4) is 5.75 Å². The van der Waals surface area contributed by atoms with Crippen molar-refractivity contribution < 1.29 is 14.3 Å². The molecule has 1 heterocycles. The number of aromatic nitrogens is 2. The van der Waals surface area contributed by atoms with Gasteiger partial charge in [-0.1, -0.05) is 0 Å². The number of nitrogens with zero attached hydrogens (tertiary/aromatic N) is 2. The normalized spacial score (nSPS) is 10.4. The molecule has 1 aromatic carbocycles. The molecule has 0 spiro atoms. The van der Waals surface area contributed by atoms with E-state index in [1.54, 1.807) is 12.5 Å². The summed E-state index contributed by atoms with van der Waals surface area (Å²) in [6.45, 7) is 1.17. The summed E-state index contributed by atoms with van der Waals surface area (Å²) < 4.78 is 14.9. The molecule has 2 rings (SSSR count). The van der Waals surface area contributed by atoms with Crippen molar-refractivity contribution in [3.05, 3.63) is 48.3 Å². The number of halogens is 1. The highest BCUT2D eigenvalue weighted by atomic mass is 19.1. The van der Waals surface area contributed by atoms with E-state index in [1.165, 1.54) is 0 Å². The lowest BCUT2D eigenvalue weighted by molar-refractivity contribution is 0.0949. The Bertz CT molecular complexity index is 555. The average Bonchev–Trinajstić information content (AvgIpc) is 2.90. The van der Waals surface area contributed by atoms with E-state index < -0.39 is 11.7 Å². The second-order valence-corrected chi connectivity index (χ2v) is 4.07. The van der Waals surface area contributed by atoms with Crippen molar-refractivity contribution in [1.29, 1.82) is 0 Å². The van der Waals surface area contributed by atoms with E-state index >= 15 is 0 Å². The minimum atomic E-state index is -0.554. The van der Waals surface area contributed by atoms with E-state index in [9.17, 15) is 14.3 Å². The maximum atomic E-state index is 13.0. The second kappa shape index (κ2) is 5.99. The van der Waals surface area contributed by atoms with Crippen molar-refractivity contribution in [1.82, 2.24) is 14.9 Å². The molecule has 0 radical (unpaired) electrons. The van der Waals surface area contributed by atoms with Crippen LogP contribution in [0.1, 0.15) is 16.8 Å². The highest BCUT2D eigenvalue weighted by molar-refractivity contribution is 5.96. The third kappa shape index (κ3) is 3.54. The third-order valence-corrected chi connectivity index (χ3v) is 2.64. The number of benzene rings is 1. The summed E-state index contributed by atoms with van der Waals surface area (Å²) >= 11 is 0. The van der Waals surface area contributed by atoms with Gasteiger partial charge in [0.1, 0.15) is 11.6 Å². The van der Waals surface area contributed by atoms with Crippen molar-refractivity contribution >= 4 is 5.91 Å². The van der Waals surface area contributed by atoms with Gasteiger partial charge >= 0.3 is 0 Å². The largest absolute Gasteiger partial charge is 0.507 e. The quantitative estimate of drug-likeness (QED) is 0.804. The van der Waals surface area contributed by atoms with Crippen molar-refractivity contribution in [2.75, 3.05) is 6.54 Å². The van der Waals surface area contributed by atoms with Gasteiger partial charge in [0, 0.05) is 25.5 Å². The predicted molar refractivity (Wildman–Crippen MR) is 67.2 cm³/mol. The zero-order chi connectivity index (χ0) is 13.7. The van der Waals surface area contributed by atoms with Crippen LogP contribution in [-0.4, -0.2) is 27.1 Å². The standard InChI is InChI=1S/C13H14FN3O2/c14-10-2-3-12(18)11(8-10)13(19)16-4-1-6-17-7-5-15-9-17/h2-3,5,7-9,18H,1,4,6H2,(H,16,19). The molecule has 0 unspecified atom stereocenters. The first kappa shape index (κ1) is 13.1. The van der Waals surface area contributed by atoms with Gasteiger partial charge in [-0.25, -0.2) is 9.37 Å². The first-order valence-corrected chi connectivity index (χ1v) is 5.89. The van der Waals surface area contributed by atoms with Crippen molar-refractivity contribution in [2.45, 2.75) is 13.0 Å². The van der Waals surface area contributed by atoms with Crippen molar-refractivity contribution in [3.63, 3.8) is 0 Å². The number of phenolic OH excluding ortho intramolecular Hbond substituents is 1. The molecule has 0 bridgehead atoms. The summed E-state index contributed by atoms with van der Waals surface area (Å²) in [6.07, 6.45) is 5.93. The number of carbonyl (C=O) groups is 1. The van der Waals surface area contributed by atoms with Crippen LogP contribution in [0, 0.1) is 5.82 Å². The van der Waals surface area contributed by atoms with Gasteiger partial charge in [0.15, 0.2) is 0 Å². The summed E-state index contributed by atoms with van der Waals surface area (Å²) in [7, 11) is 0. The molecule has 100 valence electrons. The SMILES string of the molecule is O=C(NCCCn1ccnc1)c1cc(F)ccc1O. The molecule has 2 aromatic rings. The monoisotopic (exact) mass is 263 g/mol. The van der Waals surface area contributed by atoms with Crippen LogP contribution < -0.4 is 5.32 Å². The molecule has 2 N–H and O–H groups in total.